The van der Waals surface area contributed by atoms with Crippen molar-refractivity contribution in [3.63, 3.8) is 0 Å². The number of amides is 1. The van der Waals surface area contributed by atoms with Crippen molar-refractivity contribution in [1.82, 2.24) is 9.91 Å². The first kappa shape index (κ1) is 44.9. The Kier molecular flexibility index (Phi) is 13.7. The monoisotopic (exact) mass is 822 g/mol. The number of methoxy groups -OCH3 is 1. The minimum atomic E-state index is -2.04. The van der Waals surface area contributed by atoms with Crippen molar-refractivity contribution in [3.05, 3.63) is 52.8 Å². The second kappa shape index (κ2) is 18.0. The van der Waals surface area contributed by atoms with Crippen molar-refractivity contribution in [2.75, 3.05) is 45.7 Å². The van der Waals surface area contributed by atoms with Crippen LogP contribution in [0, 0.1) is 30.6 Å². The van der Waals surface area contributed by atoms with E-state index in [0.717, 1.165) is 13.1 Å². The molecule has 4 aliphatic heterocycles. The van der Waals surface area contributed by atoms with Gasteiger partial charge in [-0.2, -0.15) is 5.10 Å². The molecule has 1 unspecified atom stereocenters. The standard InChI is InChI=1S/C43H58N4O12/c1-21-12-11-13-22(2)42(55)45-33-28(20-44-47-17-15-46(9)16-18-47)37(52)30-31(38(33)53)36(51)26(6)40-32(30)41(54)43(8,59-40)57-19-14-29(56-10)23(3)39(58-27(7)48)25(5)35(50)24(4)34(21)49/h11-14,19-21,23-25,29,34-35,39,49-53H,15-18H2,1-10H3,(H,45,55)/t21-,23+,24+,25+,29-,34?,35+,39+,43-/m0/s1. The fourth-order valence-corrected chi connectivity index (χ4v) is 7.92. The lowest BCUT2D eigenvalue weighted by molar-refractivity contribution is -0.160. The Morgan fingerprint density at radius 2 is 1.61 bits per heavy atom. The number of phenols is 3. The Morgan fingerprint density at radius 1 is 0.949 bits per heavy atom. The van der Waals surface area contributed by atoms with Gasteiger partial charge in [0.1, 0.15) is 23.4 Å². The van der Waals surface area contributed by atoms with E-state index >= 15 is 0 Å². The Bertz CT molecular complexity index is 2070. The SMILES string of the molecule is CO[C@H]1C=CO[C@@]2(C)Oc3c(C)c(O)c4c(O)c(c(C=NN5CCN(C)CC5)c(O)c4c3C2=O)NC(=O)C(C)=CC=C[C@H](C)C(O)[C@@H](C)[C@@H](O)[C@@H](C)[C@H](OC(C)=O)[C@@H]1C. The molecule has 0 spiro atoms. The number of hydrazone groups is 1. The van der Waals surface area contributed by atoms with E-state index in [0.29, 0.717) is 13.1 Å². The van der Waals surface area contributed by atoms with E-state index in [1.807, 2.05) is 7.05 Å². The molecular weight excluding hydrogens is 764 g/mol. The van der Waals surface area contributed by atoms with Crippen LogP contribution in [0.25, 0.3) is 10.8 Å². The minimum absolute atomic E-state index is 0.0559. The Hall–Kier alpha value is -5.16. The maximum absolute atomic E-state index is 14.4. The molecule has 1 amide bonds. The van der Waals surface area contributed by atoms with Crippen LogP contribution in [0.4, 0.5) is 5.69 Å². The fourth-order valence-electron chi connectivity index (χ4n) is 7.92. The molecule has 0 aliphatic carbocycles. The number of anilines is 1. The quantitative estimate of drug-likeness (QED) is 0.109. The highest BCUT2D eigenvalue weighted by molar-refractivity contribution is 6.23. The first-order valence-corrected chi connectivity index (χ1v) is 19.8. The number of fused-ring (bicyclic) bond motifs is 14. The van der Waals surface area contributed by atoms with Crippen LogP contribution in [0.15, 0.2) is 41.2 Å². The first-order chi connectivity index (χ1) is 27.7. The molecule has 0 radical (unpaired) electrons. The van der Waals surface area contributed by atoms with E-state index in [-0.39, 0.29) is 44.5 Å². The zero-order valence-corrected chi connectivity index (χ0v) is 35.3. The summed E-state index contributed by atoms with van der Waals surface area (Å²) in [5.74, 6) is -8.34. The molecule has 5 bridgehead atoms. The Morgan fingerprint density at radius 3 is 2.24 bits per heavy atom. The van der Waals surface area contributed by atoms with Crippen LogP contribution in [0.5, 0.6) is 23.0 Å². The minimum Gasteiger partial charge on any atom is -0.507 e. The third-order valence-electron chi connectivity index (χ3n) is 11.9. The number of aliphatic hydroxyl groups is 2. The van der Waals surface area contributed by atoms with Crippen molar-refractivity contribution >= 4 is 40.3 Å². The zero-order valence-electron chi connectivity index (χ0n) is 35.3. The van der Waals surface area contributed by atoms with Crippen molar-refractivity contribution in [3.8, 4) is 23.0 Å². The molecule has 2 aromatic rings. The van der Waals surface area contributed by atoms with Gasteiger partial charge in [0.05, 0.1) is 53.0 Å². The molecular formula is C43H58N4O12. The summed E-state index contributed by atoms with van der Waals surface area (Å²) < 4.78 is 23.6. The number of Topliss-reactive ketones (excluding diaryl/α,β-unsaturated/α-hetero) is 1. The summed E-state index contributed by atoms with van der Waals surface area (Å²) in [6.45, 7) is 15.1. The largest absolute Gasteiger partial charge is 0.507 e. The zero-order chi connectivity index (χ0) is 43.7. The van der Waals surface area contributed by atoms with Gasteiger partial charge < -0.3 is 54.7 Å². The van der Waals surface area contributed by atoms with Gasteiger partial charge in [0, 0.05) is 87.3 Å². The number of piperazine rings is 1. The van der Waals surface area contributed by atoms with E-state index in [1.165, 1.54) is 59.4 Å². The fraction of sp³-hybridized carbons (Fsp3) is 0.535. The van der Waals surface area contributed by atoms with Gasteiger partial charge in [-0.05, 0) is 27.0 Å². The van der Waals surface area contributed by atoms with Crippen LogP contribution in [0.1, 0.15) is 70.0 Å². The second-order valence-electron chi connectivity index (χ2n) is 16.1. The number of phenolic OH excluding ortho intramolecular Hbond substituents is 3. The van der Waals surface area contributed by atoms with Crippen LogP contribution in [0.2, 0.25) is 0 Å². The molecule has 322 valence electrons. The molecule has 1 fully saturated rings. The number of aliphatic hydroxyl groups excluding tert-OH is 2. The second-order valence-corrected chi connectivity index (χ2v) is 16.1. The molecule has 6 rings (SSSR count). The number of hydrogen-bond acceptors (Lipinski definition) is 15. The van der Waals surface area contributed by atoms with Gasteiger partial charge in [0.2, 0.25) is 0 Å². The number of ether oxygens (including phenoxy) is 4. The molecule has 0 saturated carbocycles. The molecule has 9 atom stereocenters. The van der Waals surface area contributed by atoms with E-state index in [9.17, 15) is 39.9 Å². The summed E-state index contributed by atoms with van der Waals surface area (Å²) in [6.07, 6.45) is 4.86. The third kappa shape index (κ3) is 8.91. The number of likely N-dealkylation sites (N-methyl/N-ethyl adjacent to an activating group) is 1. The smallest absolute Gasteiger partial charge is 0.312 e. The number of allylic oxidation sites excluding steroid dienone is 2. The molecule has 0 aromatic heterocycles. The van der Waals surface area contributed by atoms with Crippen LogP contribution in [-0.2, 0) is 23.8 Å². The number of hydrogen-bond donors (Lipinski definition) is 6. The lowest BCUT2D eigenvalue weighted by atomic mass is 9.78. The number of nitrogens with one attached hydrogen (secondary N) is 1. The number of nitrogens with zero attached hydrogens (tertiary/aromatic N) is 3. The van der Waals surface area contributed by atoms with Crippen molar-refractivity contribution < 1.29 is 58.9 Å². The van der Waals surface area contributed by atoms with E-state index in [2.05, 4.69) is 15.3 Å². The lowest BCUT2D eigenvalue weighted by Gasteiger charge is -2.38. The number of carbonyl (C=O) groups is 3. The third-order valence-corrected chi connectivity index (χ3v) is 11.9. The highest BCUT2D eigenvalue weighted by Crippen LogP contribution is 2.55. The van der Waals surface area contributed by atoms with Crippen molar-refractivity contribution in [1.29, 1.82) is 0 Å². The first-order valence-electron chi connectivity index (χ1n) is 19.8. The highest BCUT2D eigenvalue weighted by atomic mass is 16.7. The number of ketones is 1. The number of benzene rings is 2. The van der Waals surface area contributed by atoms with Gasteiger partial charge in [-0.25, -0.2) is 0 Å². The van der Waals surface area contributed by atoms with Crippen molar-refractivity contribution in [2.24, 2.45) is 28.8 Å². The summed E-state index contributed by atoms with van der Waals surface area (Å²) in [5, 5.41) is 66.8. The van der Waals surface area contributed by atoms with Gasteiger partial charge in [-0.3, -0.25) is 19.4 Å². The number of esters is 1. The lowest BCUT2D eigenvalue weighted by Crippen LogP contribution is -2.46. The van der Waals surface area contributed by atoms with Crippen LogP contribution in [-0.4, -0.2) is 130 Å². The maximum atomic E-state index is 14.4. The molecule has 2 aromatic carbocycles. The van der Waals surface area contributed by atoms with Crippen molar-refractivity contribution in [2.45, 2.75) is 85.6 Å². The van der Waals surface area contributed by atoms with Gasteiger partial charge >= 0.3 is 11.8 Å². The molecule has 4 aliphatic rings. The molecule has 1 saturated heterocycles. The van der Waals surface area contributed by atoms with Crippen LogP contribution >= 0.6 is 0 Å². The summed E-state index contributed by atoms with van der Waals surface area (Å²) in [4.78, 5) is 42.6. The maximum Gasteiger partial charge on any atom is 0.312 e. The van der Waals surface area contributed by atoms with E-state index in [4.69, 9.17) is 18.9 Å². The average Bonchev–Trinajstić information content (AvgIpc) is 3.46. The highest BCUT2D eigenvalue weighted by Gasteiger charge is 2.50. The Balaban J connectivity index is 1.70. The van der Waals surface area contributed by atoms with E-state index < -0.39 is 88.8 Å². The summed E-state index contributed by atoms with van der Waals surface area (Å²) >= 11 is 0. The van der Waals surface area contributed by atoms with E-state index in [1.54, 1.807) is 44.9 Å². The molecule has 6 N–H and O–H groups in total. The number of aromatic hydroxyl groups is 3. The molecule has 16 nitrogen and oxygen atoms in total. The summed E-state index contributed by atoms with van der Waals surface area (Å²) in [6, 6.07) is 0. The topological polar surface area (TPSA) is 220 Å². The van der Waals surface area contributed by atoms with Crippen LogP contribution < -0.4 is 10.1 Å². The molecule has 4 heterocycles. The van der Waals surface area contributed by atoms with Crippen LogP contribution in [0.3, 0.4) is 0 Å². The summed E-state index contributed by atoms with van der Waals surface area (Å²) in [5.41, 5.74) is -0.350. The van der Waals surface area contributed by atoms with Gasteiger partial charge in [0.25, 0.3) is 11.7 Å². The summed E-state index contributed by atoms with van der Waals surface area (Å²) in [7, 11) is 3.42. The van der Waals surface area contributed by atoms with Gasteiger partial charge in [-0.15, -0.1) is 0 Å². The number of rotatable bonds is 4. The predicted octanol–water partition coefficient (Wildman–Crippen LogP) is 4.34. The average molecular weight is 823 g/mol. The van der Waals surface area contributed by atoms with Gasteiger partial charge in [-0.1, -0.05) is 45.9 Å². The predicted molar refractivity (Wildman–Crippen MR) is 220 cm³/mol. The number of carbonyl (C=O) groups excluding carboxylic acids is 3. The molecule has 16 heteroatoms. The van der Waals surface area contributed by atoms with Gasteiger partial charge in [0.15, 0.2) is 5.75 Å². The Labute approximate surface area is 344 Å². The normalized spacial score (nSPS) is 30.1. The molecule has 59 heavy (non-hydrogen) atoms.